The van der Waals surface area contributed by atoms with Crippen molar-refractivity contribution < 1.29 is 9.84 Å². The molecule has 0 aliphatic rings. The van der Waals surface area contributed by atoms with Crippen molar-refractivity contribution in [2.24, 2.45) is 0 Å². The Kier molecular flexibility index (Phi) is 4.19. The molecule has 0 atom stereocenters. The van der Waals surface area contributed by atoms with Crippen molar-refractivity contribution in [3.8, 4) is 5.75 Å². The number of ether oxygens (including phenoxy) is 1. The summed E-state index contributed by atoms with van der Waals surface area (Å²) in [4.78, 5) is 0. The minimum absolute atomic E-state index is 0.497. The maximum Gasteiger partial charge on any atom is 0.141 e. The van der Waals surface area contributed by atoms with Gasteiger partial charge < -0.3 is 15.2 Å². The van der Waals surface area contributed by atoms with Gasteiger partial charge in [-0.05, 0) is 38.0 Å². The third-order valence-electron chi connectivity index (χ3n) is 2.38. The predicted molar refractivity (Wildman–Crippen MR) is 67.2 cm³/mol. The molecule has 0 aliphatic carbocycles. The minimum Gasteiger partial charge on any atom is -0.495 e. The van der Waals surface area contributed by atoms with Crippen molar-refractivity contribution in [3.63, 3.8) is 0 Å². The molecule has 3 heteroatoms. The summed E-state index contributed by atoms with van der Waals surface area (Å²) in [5.41, 5.74) is 1.45. The van der Waals surface area contributed by atoms with Crippen LogP contribution in [0.4, 0.5) is 5.69 Å². The lowest BCUT2D eigenvalue weighted by atomic mass is 10.1. The first-order valence-corrected chi connectivity index (χ1v) is 5.59. The van der Waals surface area contributed by atoms with Gasteiger partial charge >= 0.3 is 0 Å². The summed E-state index contributed by atoms with van der Waals surface area (Å²) in [5, 5.41) is 12.9. The molecule has 0 aliphatic heterocycles. The Morgan fingerprint density at radius 3 is 2.56 bits per heavy atom. The van der Waals surface area contributed by atoms with Crippen LogP contribution in [0.1, 0.15) is 26.3 Å². The lowest BCUT2D eigenvalue weighted by molar-refractivity contribution is 0.0945. The predicted octanol–water partition coefficient (Wildman–Crippen LogP) is 2.44. The quantitative estimate of drug-likeness (QED) is 0.805. The van der Waals surface area contributed by atoms with Gasteiger partial charge in [0.1, 0.15) is 5.75 Å². The van der Waals surface area contributed by atoms with Crippen LogP contribution in [-0.2, 0) is 6.42 Å². The molecule has 0 radical (unpaired) electrons. The molecule has 0 aromatic heterocycles. The Morgan fingerprint density at radius 2 is 2.06 bits per heavy atom. The fourth-order valence-corrected chi connectivity index (χ4v) is 1.42. The van der Waals surface area contributed by atoms with E-state index in [1.807, 2.05) is 12.1 Å². The Labute approximate surface area is 97.4 Å². The molecule has 0 fully saturated rings. The SMILES string of the molecule is CCc1ccc(OC)c(NCC(C)(C)O)c1. The van der Waals surface area contributed by atoms with Crippen molar-refractivity contribution in [2.75, 3.05) is 19.0 Å². The largest absolute Gasteiger partial charge is 0.495 e. The average Bonchev–Trinajstić information content (AvgIpc) is 2.25. The lowest BCUT2D eigenvalue weighted by Gasteiger charge is -2.20. The van der Waals surface area contributed by atoms with Crippen LogP contribution in [0.3, 0.4) is 0 Å². The molecule has 90 valence electrons. The van der Waals surface area contributed by atoms with Crippen molar-refractivity contribution in [1.29, 1.82) is 0 Å². The van der Waals surface area contributed by atoms with E-state index in [1.165, 1.54) is 5.56 Å². The van der Waals surface area contributed by atoms with E-state index in [2.05, 4.69) is 18.3 Å². The summed E-state index contributed by atoms with van der Waals surface area (Å²) in [7, 11) is 1.65. The van der Waals surface area contributed by atoms with Crippen molar-refractivity contribution in [2.45, 2.75) is 32.8 Å². The first kappa shape index (κ1) is 12.8. The van der Waals surface area contributed by atoms with Gasteiger partial charge in [-0.2, -0.15) is 0 Å². The number of hydrogen-bond acceptors (Lipinski definition) is 3. The van der Waals surface area contributed by atoms with Crippen LogP contribution >= 0.6 is 0 Å². The highest BCUT2D eigenvalue weighted by atomic mass is 16.5. The molecule has 0 spiro atoms. The van der Waals surface area contributed by atoms with Crippen LogP contribution in [0, 0.1) is 0 Å². The molecule has 1 aromatic rings. The van der Waals surface area contributed by atoms with Crippen molar-refractivity contribution >= 4 is 5.69 Å². The third-order valence-corrected chi connectivity index (χ3v) is 2.38. The highest BCUT2D eigenvalue weighted by Gasteiger charge is 2.13. The van der Waals surface area contributed by atoms with Gasteiger partial charge in [-0.1, -0.05) is 13.0 Å². The molecule has 0 heterocycles. The Hall–Kier alpha value is -1.22. The highest BCUT2D eigenvalue weighted by molar-refractivity contribution is 5.58. The fourth-order valence-electron chi connectivity index (χ4n) is 1.42. The zero-order chi connectivity index (χ0) is 12.2. The van der Waals surface area contributed by atoms with Gasteiger partial charge in [0, 0.05) is 6.54 Å². The Balaban J connectivity index is 2.83. The van der Waals surface area contributed by atoms with Crippen molar-refractivity contribution in [3.05, 3.63) is 23.8 Å². The average molecular weight is 223 g/mol. The molecular formula is C13H21NO2. The molecule has 0 saturated carbocycles. The summed E-state index contributed by atoms with van der Waals surface area (Å²) in [6, 6.07) is 6.06. The maximum atomic E-state index is 9.67. The summed E-state index contributed by atoms with van der Waals surface area (Å²) in [6.45, 7) is 6.16. The molecule has 3 nitrogen and oxygen atoms in total. The van der Waals surface area contributed by atoms with E-state index in [4.69, 9.17) is 4.74 Å². The van der Waals surface area contributed by atoms with E-state index in [-0.39, 0.29) is 0 Å². The molecule has 0 unspecified atom stereocenters. The molecule has 0 saturated heterocycles. The number of benzene rings is 1. The summed E-state index contributed by atoms with van der Waals surface area (Å²) in [5.74, 6) is 0.807. The van der Waals surface area contributed by atoms with Gasteiger partial charge in [-0.25, -0.2) is 0 Å². The highest BCUT2D eigenvalue weighted by Crippen LogP contribution is 2.26. The number of anilines is 1. The van der Waals surface area contributed by atoms with Crippen molar-refractivity contribution in [1.82, 2.24) is 0 Å². The van der Waals surface area contributed by atoms with E-state index < -0.39 is 5.60 Å². The molecule has 0 bridgehead atoms. The smallest absolute Gasteiger partial charge is 0.141 e. The topological polar surface area (TPSA) is 41.5 Å². The van der Waals surface area contributed by atoms with Crippen LogP contribution in [0.5, 0.6) is 5.75 Å². The molecule has 0 amide bonds. The maximum absolute atomic E-state index is 9.67. The summed E-state index contributed by atoms with van der Waals surface area (Å²) in [6.07, 6.45) is 0.987. The second-order valence-electron chi connectivity index (χ2n) is 4.55. The van der Waals surface area contributed by atoms with Crippen LogP contribution in [0.2, 0.25) is 0 Å². The lowest BCUT2D eigenvalue weighted by Crippen LogP contribution is -2.29. The van der Waals surface area contributed by atoms with E-state index >= 15 is 0 Å². The zero-order valence-electron chi connectivity index (χ0n) is 10.5. The summed E-state index contributed by atoms with van der Waals surface area (Å²) >= 11 is 0. The molecule has 1 rings (SSSR count). The molecule has 2 N–H and O–H groups in total. The molecule has 16 heavy (non-hydrogen) atoms. The van der Waals surface area contributed by atoms with E-state index in [0.29, 0.717) is 6.54 Å². The first-order valence-electron chi connectivity index (χ1n) is 5.59. The van der Waals surface area contributed by atoms with Gasteiger partial charge in [-0.15, -0.1) is 0 Å². The van der Waals surface area contributed by atoms with Gasteiger partial charge in [0.05, 0.1) is 18.4 Å². The van der Waals surface area contributed by atoms with Gasteiger partial charge in [0.2, 0.25) is 0 Å². The van der Waals surface area contributed by atoms with Crippen LogP contribution in [0.15, 0.2) is 18.2 Å². The number of rotatable bonds is 5. The normalized spacial score (nSPS) is 11.3. The minimum atomic E-state index is -0.729. The van der Waals surface area contributed by atoms with Gasteiger partial charge in [0.15, 0.2) is 0 Å². The summed E-state index contributed by atoms with van der Waals surface area (Å²) < 4.78 is 5.27. The van der Waals surface area contributed by atoms with Crippen LogP contribution in [-0.4, -0.2) is 24.4 Å². The second kappa shape index (κ2) is 5.21. The zero-order valence-corrected chi connectivity index (χ0v) is 10.5. The fraction of sp³-hybridized carbons (Fsp3) is 0.538. The number of methoxy groups -OCH3 is 1. The van der Waals surface area contributed by atoms with E-state index in [1.54, 1.807) is 21.0 Å². The van der Waals surface area contributed by atoms with Crippen LogP contribution in [0.25, 0.3) is 0 Å². The standard InChI is InChI=1S/C13H21NO2/c1-5-10-6-7-12(16-4)11(8-10)14-9-13(2,3)15/h6-8,14-15H,5,9H2,1-4H3. The first-order chi connectivity index (χ1) is 7.46. The van der Waals surface area contributed by atoms with Gasteiger partial charge in [0.25, 0.3) is 0 Å². The number of aliphatic hydroxyl groups is 1. The number of nitrogens with one attached hydrogen (secondary N) is 1. The van der Waals surface area contributed by atoms with Gasteiger partial charge in [-0.3, -0.25) is 0 Å². The molecular weight excluding hydrogens is 202 g/mol. The number of hydrogen-bond donors (Lipinski definition) is 2. The van der Waals surface area contributed by atoms with Crippen LogP contribution < -0.4 is 10.1 Å². The van der Waals surface area contributed by atoms with E-state index in [0.717, 1.165) is 17.9 Å². The Morgan fingerprint density at radius 1 is 1.38 bits per heavy atom. The second-order valence-corrected chi connectivity index (χ2v) is 4.55. The monoisotopic (exact) mass is 223 g/mol. The van der Waals surface area contributed by atoms with E-state index in [9.17, 15) is 5.11 Å². The number of aryl methyl sites for hydroxylation is 1. The third kappa shape index (κ3) is 3.74. The Bertz CT molecular complexity index is 342. The molecule has 1 aromatic carbocycles.